The summed E-state index contributed by atoms with van der Waals surface area (Å²) >= 11 is 12.0. The largest absolute Gasteiger partial charge is 0.436 e. The Morgan fingerprint density at radius 2 is 2.03 bits per heavy atom. The van der Waals surface area contributed by atoms with Crippen molar-refractivity contribution in [1.82, 2.24) is 19.6 Å². The zero-order valence-electron chi connectivity index (χ0n) is 16.6. The fourth-order valence-electron chi connectivity index (χ4n) is 3.32. The number of hydrogen-bond acceptors (Lipinski definition) is 3. The number of halogens is 6. The summed E-state index contributed by atoms with van der Waals surface area (Å²) in [6.45, 7) is 1.69. The monoisotopic (exact) mass is 489 g/mol. The summed E-state index contributed by atoms with van der Waals surface area (Å²) in [6, 6.07) is 2.96. The molecule has 0 saturated heterocycles. The van der Waals surface area contributed by atoms with Crippen LogP contribution >= 0.6 is 23.2 Å². The number of nitrogens with zero attached hydrogens (tertiary/aromatic N) is 4. The lowest BCUT2D eigenvalue weighted by molar-refractivity contribution is -0.141. The Balaban J connectivity index is 1.50. The van der Waals surface area contributed by atoms with Gasteiger partial charge in [0.25, 0.3) is 0 Å². The van der Waals surface area contributed by atoms with E-state index in [-0.39, 0.29) is 23.2 Å². The predicted molar refractivity (Wildman–Crippen MR) is 110 cm³/mol. The minimum atomic E-state index is -4.72. The van der Waals surface area contributed by atoms with Gasteiger partial charge < -0.3 is 5.32 Å². The molecule has 1 atom stereocenters. The van der Waals surface area contributed by atoms with Crippen molar-refractivity contribution in [2.45, 2.75) is 44.4 Å². The Kier molecular flexibility index (Phi) is 5.93. The molecule has 2 aromatic heterocycles. The second-order valence-corrected chi connectivity index (χ2v) is 8.38. The first-order valence-corrected chi connectivity index (χ1v) is 10.4. The first-order chi connectivity index (χ1) is 15.0. The Bertz CT molecular complexity index is 1170. The van der Waals surface area contributed by atoms with Crippen LogP contribution in [0.15, 0.2) is 30.6 Å². The average Bonchev–Trinajstić information content (AvgIpc) is 3.34. The number of nitrogens with one attached hydrogen (secondary N) is 1. The van der Waals surface area contributed by atoms with Crippen molar-refractivity contribution in [3.8, 4) is 0 Å². The fourth-order valence-corrected chi connectivity index (χ4v) is 3.94. The molecule has 32 heavy (non-hydrogen) atoms. The molecule has 1 saturated carbocycles. The van der Waals surface area contributed by atoms with E-state index < -0.39 is 34.7 Å². The highest BCUT2D eigenvalue weighted by Crippen LogP contribution is 2.47. The van der Waals surface area contributed by atoms with Gasteiger partial charge in [-0.05, 0) is 37.5 Å². The van der Waals surface area contributed by atoms with Crippen molar-refractivity contribution in [2.24, 2.45) is 0 Å². The first-order valence-electron chi connectivity index (χ1n) is 9.67. The molecule has 0 radical (unpaired) electrons. The zero-order valence-corrected chi connectivity index (χ0v) is 18.1. The van der Waals surface area contributed by atoms with Crippen molar-refractivity contribution in [3.05, 3.63) is 63.4 Å². The molecule has 1 aliphatic carbocycles. The average molecular weight is 490 g/mol. The molecular formula is C20H17Cl2F4N5O. The predicted octanol–water partition coefficient (Wildman–Crippen LogP) is 5.67. The van der Waals surface area contributed by atoms with Crippen molar-refractivity contribution in [1.29, 1.82) is 0 Å². The van der Waals surface area contributed by atoms with E-state index in [1.165, 1.54) is 42.2 Å². The third kappa shape index (κ3) is 4.61. The van der Waals surface area contributed by atoms with E-state index in [9.17, 15) is 22.4 Å². The second kappa shape index (κ2) is 8.40. The number of hydrogen-bond donors (Lipinski definition) is 1. The van der Waals surface area contributed by atoms with Gasteiger partial charge in [-0.25, -0.2) is 4.39 Å². The standard InChI is InChI=1S/C20H17Cl2F4N5O/c1-10(31-17(11-2-3-11)16(22)18(29-31)20(24,25)26)19(32)28-14-7-27-30(9-14)8-12-4-5-13(23)6-15(12)21/h4-7,9-11H,2-3,8H2,1H3,(H,28,32). The summed E-state index contributed by atoms with van der Waals surface area (Å²) < 4.78 is 55.5. The Morgan fingerprint density at radius 3 is 2.66 bits per heavy atom. The van der Waals surface area contributed by atoms with Gasteiger partial charge in [0.05, 0.1) is 29.1 Å². The normalized spacial score (nSPS) is 15.1. The maximum Gasteiger partial charge on any atom is 0.436 e. The van der Waals surface area contributed by atoms with Gasteiger partial charge in [0.2, 0.25) is 5.91 Å². The number of rotatable bonds is 6. The van der Waals surface area contributed by atoms with Crippen molar-refractivity contribution >= 4 is 34.8 Å². The summed E-state index contributed by atoms with van der Waals surface area (Å²) in [5, 5.41) is 10.1. The first kappa shape index (κ1) is 22.6. The highest BCUT2D eigenvalue weighted by Gasteiger charge is 2.43. The van der Waals surface area contributed by atoms with Crippen LogP contribution in [-0.2, 0) is 17.5 Å². The molecule has 1 aliphatic rings. The molecule has 4 rings (SSSR count). The molecule has 170 valence electrons. The summed E-state index contributed by atoms with van der Waals surface area (Å²) in [5.74, 6) is -1.18. The maximum absolute atomic E-state index is 13.3. The molecule has 0 aliphatic heterocycles. The number of carbonyl (C=O) groups excluding carboxylic acids is 1. The molecule has 3 aromatic rings. The number of alkyl halides is 3. The van der Waals surface area contributed by atoms with Gasteiger partial charge in [-0.3, -0.25) is 14.2 Å². The molecule has 1 amide bonds. The number of aromatic nitrogens is 4. The second-order valence-electron chi connectivity index (χ2n) is 7.59. The molecule has 0 spiro atoms. The third-order valence-electron chi connectivity index (χ3n) is 5.11. The topological polar surface area (TPSA) is 64.7 Å². The molecule has 1 N–H and O–H groups in total. The van der Waals surface area contributed by atoms with Gasteiger partial charge in [-0.15, -0.1) is 0 Å². The fraction of sp³-hybridized carbons (Fsp3) is 0.350. The van der Waals surface area contributed by atoms with E-state index in [1.807, 2.05) is 0 Å². The van der Waals surface area contributed by atoms with Crippen LogP contribution in [0.2, 0.25) is 10.0 Å². The van der Waals surface area contributed by atoms with Crippen LogP contribution in [-0.4, -0.2) is 25.5 Å². The van der Waals surface area contributed by atoms with E-state index in [4.69, 9.17) is 23.2 Å². The van der Waals surface area contributed by atoms with Crippen LogP contribution in [0.3, 0.4) is 0 Å². The Hall–Kier alpha value is -2.59. The van der Waals surface area contributed by atoms with Crippen LogP contribution in [0.4, 0.5) is 23.2 Å². The molecule has 12 heteroatoms. The zero-order chi connectivity index (χ0) is 23.2. The van der Waals surface area contributed by atoms with Gasteiger partial charge in [-0.2, -0.15) is 23.4 Å². The van der Waals surface area contributed by atoms with Crippen LogP contribution in [0, 0.1) is 5.82 Å². The third-order valence-corrected chi connectivity index (χ3v) is 5.84. The van der Waals surface area contributed by atoms with Gasteiger partial charge in [0.1, 0.15) is 11.9 Å². The van der Waals surface area contributed by atoms with Crippen LogP contribution in [0.1, 0.15) is 48.7 Å². The number of amides is 1. The molecule has 0 bridgehead atoms. The summed E-state index contributed by atoms with van der Waals surface area (Å²) in [6.07, 6.45) is -0.416. The molecule has 1 unspecified atom stereocenters. The van der Waals surface area contributed by atoms with Crippen molar-refractivity contribution in [2.75, 3.05) is 5.32 Å². The lowest BCUT2D eigenvalue weighted by atomic mass is 10.2. The number of carbonyl (C=O) groups is 1. The minimum absolute atomic E-state index is 0.149. The van der Waals surface area contributed by atoms with Crippen LogP contribution in [0.5, 0.6) is 0 Å². The molecule has 1 aromatic carbocycles. The van der Waals surface area contributed by atoms with Gasteiger partial charge in [0, 0.05) is 17.1 Å². The highest BCUT2D eigenvalue weighted by atomic mass is 35.5. The van der Waals surface area contributed by atoms with Gasteiger partial charge in [0.15, 0.2) is 5.69 Å². The lowest BCUT2D eigenvalue weighted by Crippen LogP contribution is -2.26. The Morgan fingerprint density at radius 1 is 1.31 bits per heavy atom. The van der Waals surface area contributed by atoms with E-state index in [0.29, 0.717) is 24.1 Å². The van der Waals surface area contributed by atoms with E-state index >= 15 is 0 Å². The SMILES string of the molecule is CC(C(=O)Nc1cnn(Cc2ccc(F)cc2Cl)c1)n1nc(C(F)(F)F)c(Cl)c1C1CC1. The summed E-state index contributed by atoms with van der Waals surface area (Å²) in [7, 11) is 0. The highest BCUT2D eigenvalue weighted by molar-refractivity contribution is 6.32. The van der Waals surface area contributed by atoms with Gasteiger partial charge in [-0.1, -0.05) is 29.3 Å². The smallest absolute Gasteiger partial charge is 0.322 e. The summed E-state index contributed by atoms with van der Waals surface area (Å²) in [5.41, 5.74) is -0.00213. The van der Waals surface area contributed by atoms with Gasteiger partial charge >= 0.3 is 6.18 Å². The molecular weight excluding hydrogens is 473 g/mol. The van der Waals surface area contributed by atoms with Crippen molar-refractivity contribution in [3.63, 3.8) is 0 Å². The van der Waals surface area contributed by atoms with Crippen molar-refractivity contribution < 1.29 is 22.4 Å². The Labute approximate surface area is 190 Å². The molecule has 6 nitrogen and oxygen atoms in total. The lowest BCUT2D eigenvalue weighted by Gasteiger charge is -2.15. The van der Waals surface area contributed by atoms with Crippen LogP contribution < -0.4 is 5.32 Å². The van der Waals surface area contributed by atoms with E-state index in [1.54, 1.807) is 0 Å². The van der Waals surface area contributed by atoms with E-state index in [0.717, 1.165) is 4.68 Å². The molecule has 2 heterocycles. The van der Waals surface area contributed by atoms with Crippen LogP contribution in [0.25, 0.3) is 0 Å². The quantitative estimate of drug-likeness (QED) is 0.453. The number of anilines is 1. The molecule has 1 fully saturated rings. The maximum atomic E-state index is 13.3. The van der Waals surface area contributed by atoms with E-state index in [2.05, 4.69) is 15.5 Å². The summed E-state index contributed by atoms with van der Waals surface area (Å²) in [4.78, 5) is 12.7. The number of benzene rings is 1. The minimum Gasteiger partial charge on any atom is -0.322 e.